The number of hydrogen-bond acceptors (Lipinski definition) is 7. The van der Waals surface area contributed by atoms with Crippen LogP contribution in [0.25, 0.3) is 0 Å². The van der Waals surface area contributed by atoms with E-state index >= 15 is 0 Å². The van der Waals surface area contributed by atoms with Gasteiger partial charge in [0.25, 0.3) is 0 Å². The second-order valence-corrected chi connectivity index (χ2v) is 9.86. The first-order valence-electron chi connectivity index (χ1n) is 12.2. The maximum Gasteiger partial charge on any atom is 0.338 e. The third-order valence-electron chi connectivity index (χ3n) is 6.32. The number of carbonyl (C=O) groups is 2. The number of pyridine rings is 1. The Morgan fingerprint density at radius 1 is 1.17 bits per heavy atom. The fourth-order valence-corrected chi connectivity index (χ4v) is 5.33. The van der Waals surface area contributed by atoms with Crippen molar-refractivity contribution in [1.29, 1.82) is 0 Å². The van der Waals surface area contributed by atoms with E-state index < -0.39 is 12.0 Å². The van der Waals surface area contributed by atoms with Crippen LogP contribution in [0.2, 0.25) is 0 Å². The van der Waals surface area contributed by atoms with E-state index in [0.29, 0.717) is 36.6 Å². The maximum absolute atomic E-state index is 13.0. The predicted octanol–water partition coefficient (Wildman–Crippen LogP) is 5.09. The van der Waals surface area contributed by atoms with Crippen LogP contribution in [0.1, 0.15) is 62.4 Å². The molecule has 2 aliphatic heterocycles. The second kappa shape index (κ2) is 11.6. The first kappa shape index (κ1) is 25.7. The Bertz CT molecular complexity index is 1200. The number of aliphatic imine (C=N–C) groups is 1. The quantitative estimate of drug-likeness (QED) is 0.479. The van der Waals surface area contributed by atoms with Crippen LogP contribution in [0.3, 0.4) is 0 Å². The molecule has 0 bridgehead atoms. The van der Waals surface area contributed by atoms with E-state index in [9.17, 15) is 9.59 Å². The summed E-state index contributed by atoms with van der Waals surface area (Å²) in [5.41, 5.74) is 5.16. The summed E-state index contributed by atoms with van der Waals surface area (Å²) in [6.07, 6.45) is 3.20. The molecule has 4 rings (SSSR count). The summed E-state index contributed by atoms with van der Waals surface area (Å²) in [6.45, 7) is 6.80. The van der Waals surface area contributed by atoms with Crippen LogP contribution < -0.4 is 5.32 Å². The van der Waals surface area contributed by atoms with Gasteiger partial charge in [-0.25, -0.2) is 9.79 Å². The highest BCUT2D eigenvalue weighted by Crippen LogP contribution is 2.45. The molecule has 188 valence electrons. The van der Waals surface area contributed by atoms with Crippen molar-refractivity contribution in [3.63, 3.8) is 0 Å². The monoisotopic (exact) mass is 504 g/mol. The summed E-state index contributed by atoms with van der Waals surface area (Å²) in [4.78, 5) is 37.0. The number of amidine groups is 1. The molecular formula is C28H32N4O3S. The molecular weight excluding hydrogens is 472 g/mol. The lowest BCUT2D eigenvalue weighted by atomic mass is 9.91. The van der Waals surface area contributed by atoms with Gasteiger partial charge in [-0.3, -0.25) is 9.78 Å². The molecule has 3 heterocycles. The largest absolute Gasteiger partial charge is 0.466 e. The molecule has 1 amide bonds. The lowest BCUT2D eigenvalue weighted by molar-refractivity contribution is -0.136. The number of hydrogen-bond donors (Lipinski definition) is 1. The van der Waals surface area contributed by atoms with E-state index in [-0.39, 0.29) is 12.3 Å². The molecule has 8 heteroatoms. The Kier molecular flexibility index (Phi) is 8.25. The highest BCUT2D eigenvalue weighted by atomic mass is 32.2. The first-order valence-corrected chi connectivity index (χ1v) is 13.1. The zero-order valence-electron chi connectivity index (χ0n) is 21.2. The molecule has 0 aliphatic carbocycles. The van der Waals surface area contributed by atoms with Crippen LogP contribution >= 0.6 is 11.8 Å². The number of esters is 1. The van der Waals surface area contributed by atoms with Gasteiger partial charge in [0.2, 0.25) is 5.91 Å². The van der Waals surface area contributed by atoms with Gasteiger partial charge in [0.1, 0.15) is 0 Å². The molecule has 7 nitrogen and oxygen atoms in total. The molecule has 36 heavy (non-hydrogen) atoms. The number of carbonyl (C=O) groups excluding carboxylic acids is 2. The van der Waals surface area contributed by atoms with Gasteiger partial charge in [0.15, 0.2) is 5.17 Å². The van der Waals surface area contributed by atoms with Gasteiger partial charge in [-0.15, -0.1) is 0 Å². The van der Waals surface area contributed by atoms with Crippen LogP contribution in [-0.4, -0.2) is 40.6 Å². The molecule has 2 aliphatic rings. The average Bonchev–Trinajstić information content (AvgIpc) is 3.29. The molecule has 1 N–H and O–H groups in total. The summed E-state index contributed by atoms with van der Waals surface area (Å²) in [5, 5.41) is 5.72. The normalized spacial score (nSPS) is 17.0. The number of methoxy groups -OCH3 is 1. The summed E-state index contributed by atoms with van der Waals surface area (Å²) < 4.78 is 5.19. The number of nitrogens with zero attached hydrogens (tertiary/aromatic N) is 3. The maximum atomic E-state index is 13.0. The van der Waals surface area contributed by atoms with Gasteiger partial charge in [0.05, 0.1) is 30.8 Å². The lowest BCUT2D eigenvalue weighted by Gasteiger charge is -2.36. The number of ether oxygens (including phenoxy) is 1. The number of nitrogens with one attached hydrogen (secondary N) is 1. The van der Waals surface area contributed by atoms with Gasteiger partial charge in [-0.1, -0.05) is 62.9 Å². The van der Waals surface area contributed by atoms with Crippen molar-refractivity contribution >= 4 is 28.8 Å². The first-order chi connectivity index (χ1) is 17.4. The number of thioether (sulfide) groups is 1. The fourth-order valence-electron chi connectivity index (χ4n) is 4.39. The number of rotatable bonds is 9. The standard InChI is InChI=1S/C28H32N4O3S/c1-5-23-25(27(34)35-4)26(20-11-9-19(10-12-20)18(2)3)32-22(17-36-28(32)31-23)16-24(33)30-15-13-21-8-6-7-14-29-21/h6-12,14,17-18,26H,5,13,15-16H2,1-4H3,(H,30,33)/t26-/m1/s1. The summed E-state index contributed by atoms with van der Waals surface area (Å²) in [5.74, 6) is -0.0848. The molecule has 0 saturated carbocycles. The Labute approximate surface area is 216 Å². The van der Waals surface area contributed by atoms with Crippen LogP contribution in [0.15, 0.2) is 76.0 Å². The molecule has 2 aromatic rings. The highest BCUT2D eigenvalue weighted by molar-refractivity contribution is 8.16. The topological polar surface area (TPSA) is 83.9 Å². The fraction of sp³-hybridized carbons (Fsp3) is 0.357. The summed E-state index contributed by atoms with van der Waals surface area (Å²) in [6, 6.07) is 13.7. The molecule has 1 atom stereocenters. The van der Waals surface area contributed by atoms with Crippen molar-refractivity contribution in [3.05, 3.63) is 87.9 Å². The van der Waals surface area contributed by atoms with Crippen molar-refractivity contribution in [1.82, 2.24) is 15.2 Å². The van der Waals surface area contributed by atoms with E-state index in [0.717, 1.165) is 22.1 Å². The number of amides is 1. The third-order valence-corrected chi connectivity index (χ3v) is 7.21. The molecule has 0 radical (unpaired) electrons. The van der Waals surface area contributed by atoms with E-state index in [1.54, 1.807) is 6.20 Å². The van der Waals surface area contributed by atoms with Crippen LogP contribution in [0, 0.1) is 0 Å². The van der Waals surface area contributed by atoms with Crippen molar-refractivity contribution in [3.8, 4) is 0 Å². The Morgan fingerprint density at radius 2 is 1.94 bits per heavy atom. The zero-order chi connectivity index (χ0) is 25.7. The summed E-state index contributed by atoms with van der Waals surface area (Å²) in [7, 11) is 1.39. The lowest BCUT2D eigenvalue weighted by Crippen LogP contribution is -2.38. The number of allylic oxidation sites excluding steroid dienone is 1. The van der Waals surface area contributed by atoms with Gasteiger partial charge in [-0.2, -0.15) is 0 Å². The third kappa shape index (κ3) is 5.54. The molecule has 1 aromatic carbocycles. The minimum absolute atomic E-state index is 0.0853. The van der Waals surface area contributed by atoms with Gasteiger partial charge in [0, 0.05) is 30.6 Å². The van der Waals surface area contributed by atoms with Crippen LogP contribution in [0.5, 0.6) is 0 Å². The van der Waals surface area contributed by atoms with Crippen LogP contribution in [0.4, 0.5) is 0 Å². The molecule has 0 spiro atoms. The predicted molar refractivity (Wildman–Crippen MR) is 143 cm³/mol. The molecule has 1 aromatic heterocycles. The molecule has 0 saturated heterocycles. The van der Waals surface area contributed by atoms with Gasteiger partial charge < -0.3 is 15.0 Å². The SMILES string of the molecule is CCC1=C(C(=O)OC)[C@@H](c2ccc(C(C)C)cc2)N2C(CC(=O)NCCc3ccccn3)=CSC2=N1. The van der Waals surface area contributed by atoms with Crippen molar-refractivity contribution in [2.75, 3.05) is 13.7 Å². The summed E-state index contributed by atoms with van der Waals surface area (Å²) >= 11 is 1.48. The zero-order valence-corrected chi connectivity index (χ0v) is 22.0. The minimum Gasteiger partial charge on any atom is -0.466 e. The Morgan fingerprint density at radius 3 is 2.58 bits per heavy atom. The van der Waals surface area contributed by atoms with E-state index in [4.69, 9.17) is 9.73 Å². The van der Waals surface area contributed by atoms with Crippen molar-refractivity contribution in [2.24, 2.45) is 4.99 Å². The number of fused-ring (bicyclic) bond motifs is 1. The van der Waals surface area contributed by atoms with Gasteiger partial charge >= 0.3 is 5.97 Å². The van der Waals surface area contributed by atoms with Crippen molar-refractivity contribution < 1.29 is 14.3 Å². The Balaban J connectivity index is 1.58. The smallest absolute Gasteiger partial charge is 0.338 e. The van der Waals surface area contributed by atoms with E-state index in [1.165, 1.54) is 24.4 Å². The minimum atomic E-state index is -0.413. The molecule has 0 unspecified atom stereocenters. The van der Waals surface area contributed by atoms with Crippen molar-refractivity contribution in [2.45, 2.75) is 52.0 Å². The number of aromatic nitrogens is 1. The Hall–Kier alpha value is -3.39. The van der Waals surface area contributed by atoms with E-state index in [1.807, 2.05) is 35.4 Å². The highest BCUT2D eigenvalue weighted by Gasteiger charge is 2.41. The number of benzene rings is 1. The molecule has 0 fully saturated rings. The van der Waals surface area contributed by atoms with E-state index in [2.05, 4.69) is 48.4 Å². The second-order valence-electron chi connectivity index (χ2n) is 9.02. The van der Waals surface area contributed by atoms with Gasteiger partial charge in [-0.05, 0) is 41.0 Å². The average molecular weight is 505 g/mol. The van der Waals surface area contributed by atoms with Crippen LogP contribution in [-0.2, 0) is 20.7 Å².